The topological polar surface area (TPSA) is 91.7 Å². The summed E-state index contributed by atoms with van der Waals surface area (Å²) in [6.07, 6.45) is 4.45. The number of rotatable bonds is 8. The highest BCUT2D eigenvalue weighted by atomic mass is 35.5. The number of fused-ring (bicyclic) bond motifs is 1. The summed E-state index contributed by atoms with van der Waals surface area (Å²) in [5.41, 5.74) is -0.133. The zero-order valence-corrected chi connectivity index (χ0v) is 17.6. The molecule has 3 aliphatic carbocycles. The Hall–Kier alpha value is -2.72. The van der Waals surface area contributed by atoms with Gasteiger partial charge in [0.25, 0.3) is 5.91 Å². The Morgan fingerprint density at radius 2 is 2.12 bits per heavy atom. The number of Topliss-reactive ketones (excluding diaryl/α,β-unsaturated/α-hetero) is 1. The van der Waals surface area contributed by atoms with Crippen molar-refractivity contribution in [3.05, 3.63) is 41.2 Å². The van der Waals surface area contributed by atoms with Crippen molar-refractivity contribution in [2.24, 2.45) is 0 Å². The summed E-state index contributed by atoms with van der Waals surface area (Å²) in [6.45, 7) is -3.04. The van der Waals surface area contributed by atoms with E-state index in [0.29, 0.717) is 41.3 Å². The monoisotopic (exact) mass is 467 g/mol. The van der Waals surface area contributed by atoms with E-state index in [1.807, 2.05) is 0 Å². The molecule has 32 heavy (non-hydrogen) atoms. The number of hydrogen-bond donors (Lipinski definition) is 1. The largest absolute Gasteiger partial charge is 0.488 e. The molecular formula is C21H20ClF2N3O5. The third-order valence-corrected chi connectivity index (χ3v) is 6.44. The first-order chi connectivity index (χ1) is 15.3. The van der Waals surface area contributed by atoms with Crippen molar-refractivity contribution in [1.29, 1.82) is 0 Å². The van der Waals surface area contributed by atoms with Crippen LogP contribution in [0.15, 0.2) is 30.6 Å². The molecule has 3 saturated carbocycles. The number of ether oxygens (including phenoxy) is 3. The summed E-state index contributed by atoms with van der Waals surface area (Å²) < 4.78 is 41.0. The number of nitrogens with zero attached hydrogens (tertiary/aromatic N) is 2. The van der Waals surface area contributed by atoms with Gasteiger partial charge in [-0.05, 0) is 37.5 Å². The highest BCUT2D eigenvalue weighted by molar-refractivity contribution is 6.31. The van der Waals surface area contributed by atoms with Gasteiger partial charge in [-0.3, -0.25) is 14.3 Å². The van der Waals surface area contributed by atoms with Crippen molar-refractivity contribution in [2.75, 3.05) is 13.2 Å². The summed E-state index contributed by atoms with van der Waals surface area (Å²) >= 11 is 5.93. The highest BCUT2D eigenvalue weighted by Crippen LogP contribution is 2.65. The van der Waals surface area contributed by atoms with E-state index in [1.165, 1.54) is 6.20 Å². The first kappa shape index (κ1) is 21.1. The maximum Gasteiger partial charge on any atom is 0.345 e. The quantitative estimate of drug-likeness (QED) is 0.600. The van der Waals surface area contributed by atoms with E-state index < -0.39 is 12.7 Å². The van der Waals surface area contributed by atoms with E-state index in [2.05, 4.69) is 15.2 Å². The third kappa shape index (κ3) is 3.71. The van der Waals surface area contributed by atoms with Crippen molar-refractivity contribution in [2.45, 2.75) is 49.5 Å². The molecule has 2 aromatic rings. The smallest absolute Gasteiger partial charge is 0.345 e. The molecule has 2 heterocycles. The lowest BCUT2D eigenvalue weighted by molar-refractivity contribution is -0.163. The van der Waals surface area contributed by atoms with Crippen LogP contribution in [0.5, 0.6) is 11.5 Å². The molecule has 1 aromatic carbocycles. The van der Waals surface area contributed by atoms with Gasteiger partial charge in [0.15, 0.2) is 17.6 Å². The fourth-order valence-corrected chi connectivity index (χ4v) is 5.00. The molecule has 0 spiro atoms. The molecule has 1 aliphatic heterocycles. The van der Waals surface area contributed by atoms with E-state index in [4.69, 9.17) is 21.1 Å². The van der Waals surface area contributed by atoms with Gasteiger partial charge in [0.2, 0.25) is 0 Å². The van der Waals surface area contributed by atoms with E-state index in [1.54, 1.807) is 29.1 Å². The number of alkyl halides is 2. The summed E-state index contributed by atoms with van der Waals surface area (Å²) in [5.74, 6) is 0.350. The van der Waals surface area contributed by atoms with Gasteiger partial charge in [-0.15, -0.1) is 0 Å². The van der Waals surface area contributed by atoms with Crippen LogP contribution in [-0.4, -0.2) is 52.9 Å². The van der Waals surface area contributed by atoms with Crippen LogP contribution < -0.4 is 14.8 Å². The Morgan fingerprint density at radius 3 is 2.88 bits per heavy atom. The molecule has 0 saturated heterocycles. The molecule has 170 valence electrons. The molecular weight excluding hydrogens is 448 g/mol. The number of hydrogen-bond acceptors (Lipinski definition) is 6. The first-order valence-corrected chi connectivity index (χ1v) is 10.5. The van der Waals surface area contributed by atoms with Crippen molar-refractivity contribution in [3.63, 3.8) is 0 Å². The molecule has 1 aromatic heterocycles. The predicted molar refractivity (Wildman–Crippen MR) is 107 cm³/mol. The lowest BCUT2D eigenvalue weighted by Crippen LogP contribution is -2.79. The summed E-state index contributed by atoms with van der Waals surface area (Å²) in [5, 5.41) is 7.80. The average Bonchev–Trinajstić information content (AvgIpc) is 3.15. The van der Waals surface area contributed by atoms with E-state index in [9.17, 15) is 18.4 Å². The average molecular weight is 468 g/mol. The minimum atomic E-state index is -2.82. The first-order valence-electron chi connectivity index (χ1n) is 10.2. The zero-order chi connectivity index (χ0) is 22.5. The summed E-state index contributed by atoms with van der Waals surface area (Å²) in [4.78, 5) is 25.2. The maximum atomic E-state index is 12.8. The van der Waals surface area contributed by atoms with Crippen LogP contribution in [0.3, 0.4) is 0 Å². The van der Waals surface area contributed by atoms with Gasteiger partial charge in [0.1, 0.15) is 12.4 Å². The van der Waals surface area contributed by atoms with Gasteiger partial charge in [-0.1, -0.05) is 11.6 Å². The Labute approximate surface area is 186 Å². The minimum Gasteiger partial charge on any atom is -0.488 e. The predicted octanol–water partition coefficient (Wildman–Crippen LogP) is 2.94. The molecule has 0 unspecified atom stereocenters. The third-order valence-electron chi connectivity index (χ3n) is 6.21. The van der Waals surface area contributed by atoms with Gasteiger partial charge < -0.3 is 19.5 Å². The number of carbonyl (C=O) groups excluding carboxylic acids is 2. The van der Waals surface area contributed by atoms with E-state index in [-0.39, 0.29) is 42.4 Å². The van der Waals surface area contributed by atoms with Crippen LogP contribution in [-0.2, 0) is 15.1 Å². The van der Waals surface area contributed by atoms with Crippen molar-refractivity contribution in [3.8, 4) is 11.5 Å². The fourth-order valence-electron chi connectivity index (χ4n) is 4.83. The van der Waals surface area contributed by atoms with Crippen molar-refractivity contribution >= 4 is 23.3 Å². The lowest BCUT2D eigenvalue weighted by atomic mass is 9.44. The van der Waals surface area contributed by atoms with Gasteiger partial charge in [0, 0.05) is 10.6 Å². The van der Waals surface area contributed by atoms with Gasteiger partial charge >= 0.3 is 6.61 Å². The standard InChI is InChI=1S/C21H20ClF2N3O5/c22-12-1-2-16-14(5-12)15(28)6-17(32-16)18(29)26-20-9-21(10-20,11-20)27-8-13(7-25-27)30-3-4-31-19(23)24/h1-2,5,7-8,17,19H,3-4,6,9-11H2,(H,26,29)/t17-,20?,21?/m1/s1. The molecule has 3 fully saturated rings. The Bertz CT molecular complexity index is 1060. The fraction of sp³-hybridized carbons (Fsp3) is 0.476. The number of amides is 1. The normalized spacial score (nSPS) is 27.8. The Morgan fingerprint density at radius 1 is 1.34 bits per heavy atom. The number of benzene rings is 1. The number of aromatic nitrogens is 2. The number of halogens is 3. The SMILES string of the molecule is O=C1C[C@H](C(=O)NC23CC(n4cc(OCCOC(F)F)cn4)(C2)C3)Oc2ccc(Cl)cc21. The van der Waals surface area contributed by atoms with E-state index in [0.717, 1.165) is 0 Å². The van der Waals surface area contributed by atoms with Crippen LogP contribution >= 0.6 is 11.6 Å². The second-order valence-corrected chi connectivity index (χ2v) is 8.94. The number of carbonyl (C=O) groups is 2. The second kappa shape index (κ2) is 7.70. The molecule has 1 atom stereocenters. The molecule has 11 heteroatoms. The zero-order valence-electron chi connectivity index (χ0n) is 16.9. The van der Waals surface area contributed by atoms with Crippen LogP contribution in [0, 0.1) is 0 Å². The minimum absolute atomic E-state index is 0.00152. The van der Waals surface area contributed by atoms with Crippen LogP contribution in [0.1, 0.15) is 36.0 Å². The van der Waals surface area contributed by atoms with Gasteiger partial charge in [-0.2, -0.15) is 13.9 Å². The second-order valence-electron chi connectivity index (χ2n) is 8.50. The maximum absolute atomic E-state index is 12.8. The molecule has 6 rings (SSSR count). The molecule has 1 N–H and O–H groups in total. The van der Waals surface area contributed by atoms with Gasteiger partial charge in [-0.25, -0.2) is 0 Å². The highest BCUT2D eigenvalue weighted by Gasteiger charge is 2.70. The summed E-state index contributed by atoms with van der Waals surface area (Å²) in [6, 6.07) is 4.76. The number of ketones is 1. The van der Waals surface area contributed by atoms with Crippen LogP contribution in [0.4, 0.5) is 8.78 Å². The van der Waals surface area contributed by atoms with Crippen LogP contribution in [0.25, 0.3) is 0 Å². The molecule has 1 amide bonds. The van der Waals surface area contributed by atoms with Gasteiger partial charge in [0.05, 0.1) is 36.5 Å². The molecule has 4 aliphatic rings. The van der Waals surface area contributed by atoms with Crippen LogP contribution in [0.2, 0.25) is 5.02 Å². The van der Waals surface area contributed by atoms with Crippen molar-refractivity contribution in [1.82, 2.24) is 15.1 Å². The Balaban J connectivity index is 1.14. The lowest BCUT2D eigenvalue weighted by Gasteiger charge is -2.70. The molecule has 8 nitrogen and oxygen atoms in total. The Kier molecular flexibility index (Phi) is 5.09. The summed E-state index contributed by atoms with van der Waals surface area (Å²) in [7, 11) is 0. The van der Waals surface area contributed by atoms with E-state index >= 15 is 0 Å². The number of nitrogens with one attached hydrogen (secondary N) is 1. The molecule has 2 bridgehead atoms. The molecule has 0 radical (unpaired) electrons. The van der Waals surface area contributed by atoms with Crippen molar-refractivity contribution < 1.29 is 32.6 Å².